The molecule has 39 heavy (non-hydrogen) atoms. The topological polar surface area (TPSA) is 55.8 Å². The van der Waals surface area contributed by atoms with E-state index in [0.717, 1.165) is 47.8 Å². The number of rotatable bonds is 12. The van der Waals surface area contributed by atoms with Gasteiger partial charge in [-0.2, -0.15) is 0 Å². The minimum atomic E-state index is -0.511. The van der Waals surface area contributed by atoms with Crippen molar-refractivity contribution in [3.05, 3.63) is 12.2 Å². The average molecular weight is 545 g/mol. The number of aliphatic hydroxyl groups excluding tert-OH is 1. The Morgan fingerprint density at radius 1 is 0.949 bits per heavy atom. The highest BCUT2D eigenvalue weighted by molar-refractivity contribution is 5.87. The summed E-state index contributed by atoms with van der Waals surface area (Å²) in [6.07, 6.45) is 16.8. The summed E-state index contributed by atoms with van der Waals surface area (Å²) in [7, 11) is 0. The molecule has 1 N–H and O–H groups in total. The Morgan fingerprint density at radius 3 is 2.36 bits per heavy atom. The van der Waals surface area contributed by atoms with Crippen molar-refractivity contribution < 1.29 is 19.4 Å². The predicted octanol–water partition coefficient (Wildman–Crippen LogP) is 8.36. The molecule has 4 rings (SSSR count). The van der Waals surface area contributed by atoms with Crippen LogP contribution in [0.4, 0.5) is 0 Å². The van der Waals surface area contributed by atoms with Crippen LogP contribution in [0, 0.1) is 52.3 Å². The molecule has 0 aromatic carbocycles. The van der Waals surface area contributed by atoms with Gasteiger partial charge in [-0.25, -0.2) is 4.79 Å². The molecule has 4 saturated carbocycles. The van der Waals surface area contributed by atoms with Crippen molar-refractivity contribution in [2.45, 2.75) is 137 Å². The Morgan fingerprint density at radius 2 is 1.67 bits per heavy atom. The van der Waals surface area contributed by atoms with Crippen LogP contribution in [-0.2, 0) is 14.3 Å². The third kappa shape index (κ3) is 6.63. The summed E-state index contributed by atoms with van der Waals surface area (Å²) in [6, 6.07) is 0. The zero-order valence-corrected chi connectivity index (χ0v) is 26.2. The predicted molar refractivity (Wildman–Crippen MR) is 159 cm³/mol. The van der Waals surface area contributed by atoms with Gasteiger partial charge in [0.15, 0.2) is 0 Å². The fourth-order valence-corrected chi connectivity index (χ4v) is 10.2. The van der Waals surface area contributed by atoms with Gasteiger partial charge in [0.1, 0.15) is 6.10 Å². The standard InChI is InChI=1S/C35H60O4/c1-23(2)9-8-10-25(5)30-13-14-31-29-12-11-26-21-27(38-20-17-28(22-36)39-33(37)24(3)4)15-18-34(26,6)32(29)16-19-35(30,31)7/h23,25-32,36H,3,8-22H2,1-2,4-7H3/t25-,26?,27+,28?,29+,30-,31?,32?,34+,35-/m1/s1. The number of esters is 1. The smallest absolute Gasteiger partial charge is 0.333 e. The van der Waals surface area contributed by atoms with Crippen LogP contribution in [0.15, 0.2) is 12.2 Å². The normalized spacial score (nSPS) is 39.4. The number of hydrogen-bond donors (Lipinski definition) is 1. The molecule has 0 amide bonds. The maximum absolute atomic E-state index is 11.8. The van der Waals surface area contributed by atoms with Gasteiger partial charge in [-0.15, -0.1) is 0 Å². The first kappa shape index (κ1) is 31.1. The van der Waals surface area contributed by atoms with E-state index >= 15 is 0 Å². The summed E-state index contributed by atoms with van der Waals surface area (Å²) in [5.74, 6) is 5.75. The lowest BCUT2D eigenvalue weighted by atomic mass is 9.44. The van der Waals surface area contributed by atoms with Gasteiger partial charge in [0, 0.05) is 12.0 Å². The minimum absolute atomic E-state index is 0.172. The Bertz CT molecular complexity index is 837. The fraction of sp³-hybridized carbons (Fsp3) is 0.914. The third-order valence-corrected chi connectivity index (χ3v) is 12.4. The second-order valence-corrected chi connectivity index (χ2v) is 15.2. The van der Waals surface area contributed by atoms with Gasteiger partial charge in [-0.3, -0.25) is 0 Å². The highest BCUT2D eigenvalue weighted by atomic mass is 16.6. The van der Waals surface area contributed by atoms with Crippen molar-refractivity contribution in [1.29, 1.82) is 0 Å². The molecule has 4 nitrogen and oxygen atoms in total. The van der Waals surface area contributed by atoms with E-state index in [-0.39, 0.29) is 6.61 Å². The van der Waals surface area contributed by atoms with Gasteiger partial charge in [0.25, 0.3) is 0 Å². The maximum Gasteiger partial charge on any atom is 0.333 e. The number of fused-ring (bicyclic) bond motifs is 5. The van der Waals surface area contributed by atoms with E-state index in [1.54, 1.807) is 6.92 Å². The molecule has 224 valence electrons. The molecule has 4 aliphatic rings. The van der Waals surface area contributed by atoms with Crippen molar-refractivity contribution >= 4 is 5.97 Å². The zero-order valence-electron chi connectivity index (χ0n) is 26.2. The molecule has 4 unspecified atom stereocenters. The molecule has 0 aromatic rings. The fourth-order valence-electron chi connectivity index (χ4n) is 10.2. The summed E-state index contributed by atoms with van der Waals surface area (Å²) >= 11 is 0. The van der Waals surface area contributed by atoms with Gasteiger partial charge in [0.2, 0.25) is 0 Å². The first-order valence-electron chi connectivity index (χ1n) is 16.6. The summed E-state index contributed by atoms with van der Waals surface area (Å²) in [4.78, 5) is 11.8. The first-order valence-corrected chi connectivity index (χ1v) is 16.6. The van der Waals surface area contributed by atoms with Crippen molar-refractivity contribution in [2.75, 3.05) is 13.2 Å². The number of ether oxygens (including phenoxy) is 2. The number of carbonyl (C=O) groups is 1. The number of aliphatic hydroxyl groups is 1. The van der Waals surface area contributed by atoms with Crippen LogP contribution in [0.3, 0.4) is 0 Å². The second kappa shape index (κ2) is 13.0. The Balaban J connectivity index is 1.30. The Hall–Kier alpha value is -0.870. The molecule has 0 aromatic heterocycles. The monoisotopic (exact) mass is 544 g/mol. The van der Waals surface area contributed by atoms with E-state index in [0.29, 0.717) is 35.5 Å². The quantitative estimate of drug-likeness (QED) is 0.198. The SMILES string of the molecule is C=C(C)C(=O)OC(CO)CCO[C@H]1CC[C@@]2(C)C(CC[C@@H]3C2CC[C@@]2(C)C3CC[C@@H]2[C@H](C)CCCC(C)C)C1. The molecule has 4 heteroatoms. The second-order valence-electron chi connectivity index (χ2n) is 15.2. The molecule has 0 spiro atoms. The summed E-state index contributed by atoms with van der Waals surface area (Å²) in [5, 5.41) is 9.62. The zero-order chi connectivity index (χ0) is 28.4. The molecule has 0 bridgehead atoms. The van der Waals surface area contributed by atoms with E-state index in [2.05, 4.69) is 41.2 Å². The van der Waals surface area contributed by atoms with Crippen LogP contribution in [0.1, 0.15) is 125 Å². The van der Waals surface area contributed by atoms with Crippen LogP contribution < -0.4 is 0 Å². The Kier molecular flexibility index (Phi) is 10.3. The maximum atomic E-state index is 11.8. The van der Waals surface area contributed by atoms with Gasteiger partial charge < -0.3 is 14.6 Å². The molecule has 0 radical (unpaired) electrons. The number of hydrogen-bond acceptors (Lipinski definition) is 4. The van der Waals surface area contributed by atoms with Crippen molar-refractivity contribution in [2.24, 2.45) is 52.3 Å². The largest absolute Gasteiger partial charge is 0.456 e. The van der Waals surface area contributed by atoms with Crippen molar-refractivity contribution in [3.8, 4) is 0 Å². The minimum Gasteiger partial charge on any atom is -0.456 e. The molecule has 10 atom stereocenters. The van der Waals surface area contributed by atoms with Crippen molar-refractivity contribution in [3.63, 3.8) is 0 Å². The van der Waals surface area contributed by atoms with Gasteiger partial charge in [0.05, 0.1) is 19.3 Å². The molecular formula is C35H60O4. The number of carbonyl (C=O) groups excluding carboxylic acids is 1. The van der Waals surface area contributed by atoms with Crippen LogP contribution in [0.5, 0.6) is 0 Å². The van der Waals surface area contributed by atoms with Crippen LogP contribution >= 0.6 is 0 Å². The summed E-state index contributed by atoms with van der Waals surface area (Å²) in [6.45, 7) is 18.3. The van der Waals surface area contributed by atoms with Gasteiger partial charge in [-0.1, -0.05) is 60.5 Å². The van der Waals surface area contributed by atoms with E-state index < -0.39 is 12.1 Å². The highest BCUT2D eigenvalue weighted by Crippen LogP contribution is 2.68. The molecule has 0 heterocycles. The average Bonchev–Trinajstić information content (AvgIpc) is 3.25. The van der Waals surface area contributed by atoms with E-state index in [1.807, 2.05) is 0 Å². The molecule has 4 fully saturated rings. The van der Waals surface area contributed by atoms with Crippen LogP contribution in [0.25, 0.3) is 0 Å². The summed E-state index contributed by atoms with van der Waals surface area (Å²) in [5.41, 5.74) is 1.40. The molecule has 0 aliphatic heterocycles. The van der Waals surface area contributed by atoms with E-state index in [1.165, 1.54) is 70.6 Å². The first-order chi connectivity index (χ1) is 18.5. The summed E-state index contributed by atoms with van der Waals surface area (Å²) < 4.78 is 11.7. The van der Waals surface area contributed by atoms with Crippen LogP contribution in [-0.4, -0.2) is 36.5 Å². The third-order valence-electron chi connectivity index (χ3n) is 12.4. The van der Waals surface area contributed by atoms with Crippen molar-refractivity contribution in [1.82, 2.24) is 0 Å². The highest BCUT2D eigenvalue weighted by Gasteiger charge is 2.60. The van der Waals surface area contributed by atoms with E-state index in [9.17, 15) is 9.90 Å². The lowest BCUT2D eigenvalue weighted by Crippen LogP contribution is -2.54. The molecular weight excluding hydrogens is 484 g/mol. The van der Waals surface area contributed by atoms with Crippen LogP contribution in [0.2, 0.25) is 0 Å². The molecule has 0 saturated heterocycles. The lowest BCUT2D eigenvalue weighted by Gasteiger charge is -2.61. The lowest BCUT2D eigenvalue weighted by molar-refractivity contribution is -0.149. The van der Waals surface area contributed by atoms with E-state index in [4.69, 9.17) is 9.47 Å². The Labute approximate surface area is 240 Å². The molecule has 4 aliphatic carbocycles. The van der Waals surface area contributed by atoms with Gasteiger partial charge >= 0.3 is 5.97 Å². The van der Waals surface area contributed by atoms with Gasteiger partial charge in [-0.05, 0) is 117 Å².